The van der Waals surface area contributed by atoms with Crippen molar-refractivity contribution >= 4 is 11.6 Å². The Hall–Kier alpha value is -2.06. The SMILES string of the molecule is N#CC[C@]1(O)C(=O)Nc2cccc(O)c21. The van der Waals surface area contributed by atoms with Crippen molar-refractivity contribution in [2.24, 2.45) is 0 Å². The molecule has 0 aliphatic carbocycles. The maximum Gasteiger partial charge on any atom is 0.262 e. The van der Waals surface area contributed by atoms with Crippen LogP contribution in [0, 0.1) is 11.3 Å². The Morgan fingerprint density at radius 2 is 2.27 bits per heavy atom. The van der Waals surface area contributed by atoms with Crippen LogP contribution >= 0.6 is 0 Å². The number of nitriles is 1. The number of nitrogens with one attached hydrogen (secondary N) is 1. The third-order valence-corrected chi connectivity index (χ3v) is 2.41. The number of phenolic OH excluding ortho intramolecular Hbond substituents is 1. The maximum atomic E-state index is 11.5. The average molecular weight is 204 g/mol. The lowest BCUT2D eigenvalue weighted by atomic mass is 9.92. The predicted molar refractivity (Wildman–Crippen MR) is 50.9 cm³/mol. The minimum atomic E-state index is -1.94. The van der Waals surface area contributed by atoms with Crippen LogP contribution in [0.4, 0.5) is 5.69 Å². The first-order valence-corrected chi connectivity index (χ1v) is 4.33. The highest BCUT2D eigenvalue weighted by Crippen LogP contribution is 2.43. The van der Waals surface area contributed by atoms with Crippen molar-refractivity contribution in [3.63, 3.8) is 0 Å². The summed E-state index contributed by atoms with van der Waals surface area (Å²) in [5.41, 5.74) is -1.51. The van der Waals surface area contributed by atoms with Crippen LogP contribution in [0.15, 0.2) is 18.2 Å². The molecule has 0 unspecified atom stereocenters. The van der Waals surface area contributed by atoms with Crippen LogP contribution in [0.5, 0.6) is 5.75 Å². The number of carbonyl (C=O) groups excluding carboxylic acids is 1. The van der Waals surface area contributed by atoms with E-state index in [1.54, 1.807) is 18.2 Å². The second-order valence-corrected chi connectivity index (χ2v) is 3.35. The summed E-state index contributed by atoms with van der Waals surface area (Å²) in [4.78, 5) is 11.5. The Labute approximate surface area is 85.6 Å². The van der Waals surface area contributed by atoms with Gasteiger partial charge in [-0.2, -0.15) is 5.26 Å². The topological polar surface area (TPSA) is 93.3 Å². The number of hydrogen-bond acceptors (Lipinski definition) is 4. The van der Waals surface area contributed by atoms with E-state index >= 15 is 0 Å². The van der Waals surface area contributed by atoms with Crippen molar-refractivity contribution in [3.8, 4) is 11.8 Å². The highest BCUT2D eigenvalue weighted by atomic mass is 16.3. The van der Waals surface area contributed by atoms with Crippen molar-refractivity contribution in [2.45, 2.75) is 12.0 Å². The number of aromatic hydroxyl groups is 1. The second kappa shape index (κ2) is 2.97. The van der Waals surface area contributed by atoms with Gasteiger partial charge in [-0.15, -0.1) is 0 Å². The van der Waals surface area contributed by atoms with Crippen LogP contribution in [0.3, 0.4) is 0 Å². The molecule has 1 heterocycles. The summed E-state index contributed by atoms with van der Waals surface area (Å²) in [5, 5.41) is 30.5. The molecular formula is C10H8N2O3. The van der Waals surface area contributed by atoms with Gasteiger partial charge < -0.3 is 15.5 Å². The van der Waals surface area contributed by atoms with Gasteiger partial charge >= 0.3 is 0 Å². The number of anilines is 1. The molecule has 3 N–H and O–H groups in total. The number of fused-ring (bicyclic) bond motifs is 1. The van der Waals surface area contributed by atoms with Crippen LogP contribution in [0.2, 0.25) is 0 Å². The lowest BCUT2D eigenvalue weighted by Crippen LogP contribution is -2.33. The number of nitrogens with zero attached hydrogens (tertiary/aromatic N) is 1. The summed E-state index contributed by atoms with van der Waals surface area (Å²) in [6, 6.07) is 6.20. The molecule has 1 aliphatic heterocycles. The van der Waals surface area contributed by atoms with Gasteiger partial charge in [0.05, 0.1) is 23.7 Å². The van der Waals surface area contributed by atoms with E-state index in [4.69, 9.17) is 5.26 Å². The molecule has 1 aromatic carbocycles. The van der Waals surface area contributed by atoms with Gasteiger partial charge in [0.2, 0.25) is 0 Å². The molecule has 5 nitrogen and oxygen atoms in total. The van der Waals surface area contributed by atoms with Crippen molar-refractivity contribution in [1.29, 1.82) is 5.26 Å². The standard InChI is InChI=1S/C10H8N2O3/c11-5-4-10(15)8-6(12-9(10)14)2-1-3-7(8)13/h1-3,13,15H,4H2,(H,12,14)/t10-/m1/s1. The molecule has 76 valence electrons. The van der Waals surface area contributed by atoms with E-state index in [2.05, 4.69) is 5.32 Å². The first-order valence-electron chi connectivity index (χ1n) is 4.33. The minimum absolute atomic E-state index is 0.0801. The normalized spacial score (nSPS) is 23.1. The Morgan fingerprint density at radius 1 is 1.53 bits per heavy atom. The van der Waals surface area contributed by atoms with E-state index in [1.165, 1.54) is 6.07 Å². The molecule has 0 bridgehead atoms. The highest BCUT2D eigenvalue weighted by Gasteiger charge is 2.47. The molecule has 2 rings (SSSR count). The van der Waals surface area contributed by atoms with Crippen LogP contribution in [-0.2, 0) is 10.4 Å². The van der Waals surface area contributed by atoms with Crippen LogP contribution in [0.25, 0.3) is 0 Å². The van der Waals surface area contributed by atoms with Crippen molar-refractivity contribution in [2.75, 3.05) is 5.32 Å². The van der Waals surface area contributed by atoms with E-state index in [0.717, 1.165) is 0 Å². The second-order valence-electron chi connectivity index (χ2n) is 3.35. The summed E-state index contributed by atoms with van der Waals surface area (Å²) in [5.74, 6) is -0.871. The summed E-state index contributed by atoms with van der Waals surface area (Å²) in [6.07, 6.45) is -0.386. The molecule has 1 aliphatic rings. The molecule has 0 saturated carbocycles. The fraction of sp³-hybridized carbons (Fsp3) is 0.200. The third kappa shape index (κ3) is 1.16. The number of amides is 1. The van der Waals surface area contributed by atoms with Crippen LogP contribution < -0.4 is 5.32 Å². The summed E-state index contributed by atoms with van der Waals surface area (Å²) < 4.78 is 0. The molecule has 5 heteroatoms. The summed E-state index contributed by atoms with van der Waals surface area (Å²) in [6.45, 7) is 0. The van der Waals surface area contributed by atoms with Gasteiger partial charge in [-0.05, 0) is 12.1 Å². The largest absolute Gasteiger partial charge is 0.507 e. The first kappa shape index (κ1) is 9.49. The van der Waals surface area contributed by atoms with Gasteiger partial charge in [0.1, 0.15) is 5.75 Å². The van der Waals surface area contributed by atoms with E-state index in [0.29, 0.717) is 5.69 Å². The molecule has 0 radical (unpaired) electrons. The molecule has 1 amide bonds. The molecule has 0 fully saturated rings. The Balaban J connectivity index is 2.64. The smallest absolute Gasteiger partial charge is 0.262 e. The summed E-state index contributed by atoms with van der Waals surface area (Å²) >= 11 is 0. The Bertz CT molecular complexity index is 478. The van der Waals surface area contributed by atoms with E-state index in [-0.39, 0.29) is 17.7 Å². The zero-order valence-electron chi connectivity index (χ0n) is 7.69. The van der Waals surface area contributed by atoms with Gasteiger partial charge in [0.25, 0.3) is 5.91 Å². The Morgan fingerprint density at radius 3 is 2.93 bits per heavy atom. The molecule has 1 atom stereocenters. The first-order chi connectivity index (χ1) is 7.09. The van der Waals surface area contributed by atoms with E-state index in [9.17, 15) is 15.0 Å². The van der Waals surface area contributed by atoms with Gasteiger partial charge in [-0.3, -0.25) is 4.79 Å². The van der Waals surface area contributed by atoms with Gasteiger partial charge in [-0.25, -0.2) is 0 Å². The highest BCUT2D eigenvalue weighted by molar-refractivity contribution is 6.05. The summed E-state index contributed by atoms with van der Waals surface area (Å²) in [7, 11) is 0. The van der Waals surface area contributed by atoms with E-state index in [1.807, 2.05) is 0 Å². The Kier molecular flexibility index (Phi) is 1.88. The lowest BCUT2D eigenvalue weighted by molar-refractivity contribution is -0.133. The molecule has 1 aromatic rings. The van der Waals surface area contributed by atoms with Crippen molar-refractivity contribution in [1.82, 2.24) is 0 Å². The quantitative estimate of drug-likeness (QED) is 0.619. The number of rotatable bonds is 1. The van der Waals surface area contributed by atoms with Gasteiger partial charge in [0.15, 0.2) is 5.60 Å². The van der Waals surface area contributed by atoms with Gasteiger partial charge in [-0.1, -0.05) is 6.07 Å². The number of hydrogen-bond donors (Lipinski definition) is 3. The molecule has 15 heavy (non-hydrogen) atoms. The monoisotopic (exact) mass is 204 g/mol. The molecule has 0 spiro atoms. The maximum absolute atomic E-state index is 11.5. The van der Waals surface area contributed by atoms with Crippen molar-refractivity contribution in [3.05, 3.63) is 23.8 Å². The fourth-order valence-electron chi connectivity index (χ4n) is 1.70. The molecule has 0 aromatic heterocycles. The van der Waals surface area contributed by atoms with Gasteiger partial charge in [0, 0.05) is 0 Å². The van der Waals surface area contributed by atoms with Crippen LogP contribution in [-0.4, -0.2) is 16.1 Å². The zero-order chi connectivity index (χ0) is 11.1. The zero-order valence-corrected chi connectivity index (χ0v) is 7.69. The molecular weight excluding hydrogens is 196 g/mol. The fourth-order valence-corrected chi connectivity index (χ4v) is 1.70. The predicted octanol–water partition coefficient (Wildman–Crippen LogP) is 0.446. The van der Waals surface area contributed by atoms with Crippen LogP contribution in [0.1, 0.15) is 12.0 Å². The number of benzene rings is 1. The van der Waals surface area contributed by atoms with Crippen molar-refractivity contribution < 1.29 is 15.0 Å². The number of aliphatic hydroxyl groups is 1. The number of carbonyl (C=O) groups is 1. The average Bonchev–Trinajstić information content (AvgIpc) is 2.41. The lowest BCUT2D eigenvalue weighted by Gasteiger charge is -2.17. The third-order valence-electron chi connectivity index (χ3n) is 2.41. The van der Waals surface area contributed by atoms with E-state index < -0.39 is 11.5 Å². The number of phenols is 1. The minimum Gasteiger partial charge on any atom is -0.507 e. The molecule has 0 saturated heterocycles.